The van der Waals surface area contributed by atoms with Crippen molar-refractivity contribution in [3.05, 3.63) is 84.1 Å². The zero-order chi connectivity index (χ0) is 18.8. The van der Waals surface area contributed by atoms with Crippen LogP contribution in [0.15, 0.2) is 83.2 Å². The van der Waals surface area contributed by atoms with Crippen LogP contribution < -0.4 is 0 Å². The van der Waals surface area contributed by atoms with Crippen LogP contribution in [0.1, 0.15) is 30.9 Å². The summed E-state index contributed by atoms with van der Waals surface area (Å²) >= 11 is 0. The van der Waals surface area contributed by atoms with E-state index in [-0.39, 0.29) is 0 Å². The maximum atomic E-state index is 4.80. The van der Waals surface area contributed by atoms with E-state index >= 15 is 0 Å². The molecule has 2 aromatic carbocycles. The topological polar surface area (TPSA) is 42.0 Å². The number of aromatic nitrogens is 2. The van der Waals surface area contributed by atoms with E-state index < -0.39 is 0 Å². The molecule has 0 bridgehead atoms. The van der Waals surface area contributed by atoms with Crippen LogP contribution in [0.5, 0.6) is 0 Å². The molecule has 0 unspecified atom stereocenters. The van der Waals surface area contributed by atoms with Crippen molar-refractivity contribution in [1.82, 2.24) is 9.38 Å². The molecule has 0 N–H and O–H groups in total. The van der Waals surface area contributed by atoms with Gasteiger partial charge in [0, 0.05) is 11.8 Å². The first kappa shape index (κ1) is 17.2. The number of hydrogen-bond acceptors (Lipinski definition) is 3. The quantitative estimate of drug-likeness (QED) is 0.370. The molecular formula is C23H22N4. The molecule has 4 aromatic rings. The smallest absolute Gasteiger partial charge is 0.187 e. The van der Waals surface area contributed by atoms with Gasteiger partial charge in [0.05, 0.1) is 5.69 Å². The van der Waals surface area contributed by atoms with E-state index in [1.165, 1.54) is 5.56 Å². The maximum absolute atomic E-state index is 4.80. The fourth-order valence-corrected chi connectivity index (χ4v) is 3.09. The van der Waals surface area contributed by atoms with Crippen LogP contribution in [0.2, 0.25) is 0 Å². The number of imidazole rings is 1. The van der Waals surface area contributed by atoms with Crippen LogP contribution in [0, 0.1) is 6.92 Å². The van der Waals surface area contributed by atoms with E-state index in [9.17, 15) is 0 Å². The Hall–Kier alpha value is -3.27. The highest BCUT2D eigenvalue weighted by Crippen LogP contribution is 2.33. The Labute approximate surface area is 159 Å². The zero-order valence-corrected chi connectivity index (χ0v) is 15.8. The second kappa shape index (κ2) is 7.16. The Morgan fingerprint density at radius 3 is 2.44 bits per heavy atom. The van der Waals surface area contributed by atoms with Crippen LogP contribution >= 0.6 is 0 Å². The number of hydrogen-bond donors (Lipinski definition) is 0. The van der Waals surface area contributed by atoms with Crippen LogP contribution in [-0.2, 0) is 0 Å². The zero-order valence-electron chi connectivity index (χ0n) is 15.8. The molecule has 0 saturated heterocycles. The molecule has 0 aliphatic rings. The van der Waals surface area contributed by atoms with Crippen LogP contribution in [0.3, 0.4) is 0 Å². The minimum absolute atomic E-state index is 0.501. The van der Waals surface area contributed by atoms with Crippen molar-refractivity contribution in [3.8, 4) is 11.3 Å². The molecule has 0 fully saturated rings. The number of aryl methyl sites for hydroxylation is 1. The van der Waals surface area contributed by atoms with Gasteiger partial charge in [-0.3, -0.25) is 4.40 Å². The largest absolute Gasteiger partial charge is 0.283 e. The Morgan fingerprint density at radius 2 is 1.70 bits per heavy atom. The lowest BCUT2D eigenvalue weighted by atomic mass is 10.0. The van der Waals surface area contributed by atoms with Gasteiger partial charge in [-0.15, -0.1) is 10.2 Å². The van der Waals surface area contributed by atoms with Crippen LogP contribution in [-0.4, -0.2) is 9.38 Å². The van der Waals surface area contributed by atoms with Crippen molar-refractivity contribution in [2.24, 2.45) is 10.2 Å². The van der Waals surface area contributed by atoms with Gasteiger partial charge >= 0.3 is 0 Å². The first-order valence-electron chi connectivity index (χ1n) is 9.17. The average Bonchev–Trinajstić information content (AvgIpc) is 3.05. The number of benzene rings is 2. The third-order valence-electron chi connectivity index (χ3n) is 4.62. The SMILES string of the molecule is Cc1cccc(N=Nc2c(-c3ccc(C(C)C)cc3)nc3ccccn23)c1. The number of rotatable bonds is 4. The second-order valence-corrected chi connectivity index (χ2v) is 7.03. The average molecular weight is 354 g/mol. The van der Waals surface area contributed by atoms with Gasteiger partial charge in [0.15, 0.2) is 5.82 Å². The van der Waals surface area contributed by atoms with Gasteiger partial charge in [-0.2, -0.15) is 0 Å². The summed E-state index contributed by atoms with van der Waals surface area (Å²) in [6.07, 6.45) is 1.97. The summed E-state index contributed by atoms with van der Waals surface area (Å²) < 4.78 is 1.98. The van der Waals surface area contributed by atoms with Crippen molar-refractivity contribution >= 4 is 17.2 Å². The third kappa shape index (κ3) is 3.51. The van der Waals surface area contributed by atoms with E-state index in [4.69, 9.17) is 4.98 Å². The number of azo groups is 1. The summed E-state index contributed by atoms with van der Waals surface area (Å²) in [5.74, 6) is 1.24. The van der Waals surface area contributed by atoms with Crippen molar-refractivity contribution in [3.63, 3.8) is 0 Å². The predicted molar refractivity (Wildman–Crippen MR) is 110 cm³/mol. The van der Waals surface area contributed by atoms with Crippen molar-refractivity contribution in [1.29, 1.82) is 0 Å². The third-order valence-corrected chi connectivity index (χ3v) is 4.62. The van der Waals surface area contributed by atoms with Crippen molar-refractivity contribution in [2.75, 3.05) is 0 Å². The summed E-state index contributed by atoms with van der Waals surface area (Å²) in [6.45, 7) is 6.44. The summed E-state index contributed by atoms with van der Waals surface area (Å²) in [6, 6.07) is 22.5. The first-order chi connectivity index (χ1) is 13.1. The molecule has 0 atom stereocenters. The first-order valence-corrected chi connectivity index (χ1v) is 9.17. The summed E-state index contributed by atoms with van der Waals surface area (Å²) in [5.41, 5.74) is 6.05. The van der Waals surface area contributed by atoms with Gasteiger partial charge in [-0.1, -0.05) is 56.3 Å². The molecule has 0 aliphatic heterocycles. The normalized spacial score (nSPS) is 11.7. The monoisotopic (exact) mass is 354 g/mol. The van der Waals surface area contributed by atoms with Crippen LogP contribution in [0.4, 0.5) is 11.5 Å². The maximum Gasteiger partial charge on any atom is 0.187 e. The van der Waals surface area contributed by atoms with E-state index in [1.807, 2.05) is 47.0 Å². The fourth-order valence-electron chi connectivity index (χ4n) is 3.09. The summed E-state index contributed by atoms with van der Waals surface area (Å²) in [5, 5.41) is 9.02. The summed E-state index contributed by atoms with van der Waals surface area (Å²) in [7, 11) is 0. The summed E-state index contributed by atoms with van der Waals surface area (Å²) in [4.78, 5) is 4.80. The van der Waals surface area contributed by atoms with Gasteiger partial charge in [-0.25, -0.2) is 4.98 Å². The Bertz CT molecular complexity index is 1100. The number of fused-ring (bicyclic) bond motifs is 1. The van der Waals surface area contributed by atoms with Gasteiger partial charge in [0.2, 0.25) is 0 Å². The molecule has 0 amide bonds. The van der Waals surface area contributed by atoms with Crippen molar-refractivity contribution in [2.45, 2.75) is 26.7 Å². The number of pyridine rings is 1. The fraction of sp³-hybridized carbons (Fsp3) is 0.174. The van der Waals surface area contributed by atoms with E-state index in [1.54, 1.807) is 0 Å². The van der Waals surface area contributed by atoms with Crippen molar-refractivity contribution < 1.29 is 0 Å². The van der Waals surface area contributed by atoms with Gasteiger partial charge in [-0.05, 0) is 48.2 Å². The lowest BCUT2D eigenvalue weighted by Crippen LogP contribution is -1.87. The molecule has 0 saturated carbocycles. The molecule has 4 rings (SSSR count). The Kier molecular flexibility index (Phi) is 4.55. The second-order valence-electron chi connectivity index (χ2n) is 7.03. The molecule has 134 valence electrons. The molecule has 27 heavy (non-hydrogen) atoms. The molecule has 4 heteroatoms. The Morgan fingerprint density at radius 1 is 0.889 bits per heavy atom. The molecular weight excluding hydrogens is 332 g/mol. The molecule has 0 aliphatic carbocycles. The van der Waals surface area contributed by atoms with E-state index in [2.05, 4.69) is 61.3 Å². The van der Waals surface area contributed by atoms with E-state index in [0.717, 1.165) is 34.0 Å². The lowest BCUT2D eigenvalue weighted by Gasteiger charge is -2.06. The highest BCUT2D eigenvalue weighted by atomic mass is 15.2. The molecule has 2 aromatic heterocycles. The minimum atomic E-state index is 0.501. The molecule has 4 nitrogen and oxygen atoms in total. The lowest BCUT2D eigenvalue weighted by molar-refractivity contribution is 0.867. The van der Waals surface area contributed by atoms with E-state index in [0.29, 0.717) is 5.92 Å². The van der Waals surface area contributed by atoms with Gasteiger partial charge in [0.1, 0.15) is 11.3 Å². The minimum Gasteiger partial charge on any atom is -0.283 e. The van der Waals surface area contributed by atoms with Crippen LogP contribution in [0.25, 0.3) is 16.9 Å². The molecule has 0 spiro atoms. The highest BCUT2D eigenvalue weighted by molar-refractivity contribution is 5.74. The standard InChI is InChI=1S/C23H22N4/c1-16(2)18-10-12-19(13-11-18)22-23(27-14-5-4-9-21(27)24-22)26-25-20-8-6-7-17(3)15-20/h4-16H,1-3H3. The van der Waals surface area contributed by atoms with Gasteiger partial charge < -0.3 is 0 Å². The molecule has 0 radical (unpaired) electrons. The molecule has 2 heterocycles. The predicted octanol–water partition coefficient (Wildman–Crippen LogP) is 6.85. The number of nitrogens with zero attached hydrogens (tertiary/aromatic N) is 4. The van der Waals surface area contributed by atoms with Gasteiger partial charge in [0.25, 0.3) is 0 Å². The Balaban J connectivity index is 1.82. The highest BCUT2D eigenvalue weighted by Gasteiger charge is 2.14.